The number of hydrogen-bond donors (Lipinski definition) is 0. The second kappa shape index (κ2) is 16.8. The van der Waals surface area contributed by atoms with Crippen molar-refractivity contribution in [2.75, 3.05) is 0 Å². The van der Waals surface area contributed by atoms with Crippen molar-refractivity contribution in [1.29, 1.82) is 5.26 Å². The molecule has 4 rings (SSSR count). The third-order valence-corrected chi connectivity index (χ3v) is 12.0. The SMILES string of the molecule is [C-]#[N+]C(C#N)=C1Sc2c(OC(=O)C3CCC(CCCC(C)C)CC3)ccc(OC(=O)C3CCC(CCCC(C)C)CC3)c2S1. The lowest BCUT2D eigenvalue weighted by molar-refractivity contribution is -0.141. The van der Waals surface area contributed by atoms with E-state index in [1.54, 1.807) is 12.1 Å². The van der Waals surface area contributed by atoms with Crippen LogP contribution in [0.3, 0.4) is 0 Å². The molecule has 0 aromatic heterocycles. The zero-order valence-electron chi connectivity index (χ0n) is 26.9. The molecule has 0 saturated heterocycles. The van der Waals surface area contributed by atoms with Crippen LogP contribution >= 0.6 is 23.5 Å². The zero-order chi connectivity index (χ0) is 31.6. The number of carbonyl (C=O) groups excluding carboxylic acids is 2. The van der Waals surface area contributed by atoms with Gasteiger partial charge < -0.3 is 9.47 Å². The molecule has 6 nitrogen and oxygen atoms in total. The van der Waals surface area contributed by atoms with Gasteiger partial charge in [0.1, 0.15) is 11.5 Å². The van der Waals surface area contributed by atoms with Gasteiger partial charge in [0.2, 0.25) is 0 Å². The maximum atomic E-state index is 13.3. The van der Waals surface area contributed by atoms with Gasteiger partial charge in [-0.3, -0.25) is 9.59 Å². The first-order chi connectivity index (χ1) is 21.2. The summed E-state index contributed by atoms with van der Waals surface area (Å²) in [6, 6.07) is 5.36. The molecule has 1 aliphatic heterocycles. The highest BCUT2D eigenvalue weighted by atomic mass is 32.2. The number of hydrogen-bond acceptors (Lipinski definition) is 7. The predicted octanol–water partition coefficient (Wildman–Crippen LogP) is 10.6. The lowest BCUT2D eigenvalue weighted by Gasteiger charge is -2.28. The van der Waals surface area contributed by atoms with Crippen LogP contribution in [-0.2, 0) is 9.59 Å². The van der Waals surface area contributed by atoms with Gasteiger partial charge in [-0.05, 0) is 87.2 Å². The normalized spacial score (nSPS) is 23.1. The summed E-state index contributed by atoms with van der Waals surface area (Å²) in [5.74, 6) is 2.94. The van der Waals surface area contributed by atoms with E-state index in [2.05, 4.69) is 32.5 Å². The van der Waals surface area contributed by atoms with E-state index in [1.165, 1.54) is 62.0 Å². The fourth-order valence-corrected chi connectivity index (χ4v) is 9.16. The van der Waals surface area contributed by atoms with Gasteiger partial charge in [-0.15, -0.1) is 0 Å². The summed E-state index contributed by atoms with van der Waals surface area (Å²) in [6.07, 6.45) is 15.1. The maximum absolute atomic E-state index is 13.3. The minimum Gasteiger partial charge on any atom is -0.425 e. The van der Waals surface area contributed by atoms with E-state index in [0.29, 0.717) is 37.4 Å². The van der Waals surface area contributed by atoms with Crippen LogP contribution in [0.15, 0.2) is 31.9 Å². The predicted molar refractivity (Wildman–Crippen MR) is 177 cm³/mol. The molecule has 1 heterocycles. The molecule has 238 valence electrons. The quantitative estimate of drug-likeness (QED) is 0.0977. The van der Waals surface area contributed by atoms with Gasteiger partial charge in [-0.2, -0.15) is 0 Å². The van der Waals surface area contributed by atoms with E-state index < -0.39 is 0 Å². The Hall–Kier alpha value is -2.42. The van der Waals surface area contributed by atoms with Crippen LogP contribution in [0.25, 0.3) is 4.85 Å². The fraction of sp³-hybridized carbons (Fsp3) is 0.667. The first-order valence-corrected chi connectivity index (χ1v) is 18.3. The van der Waals surface area contributed by atoms with Crippen molar-refractivity contribution in [3.63, 3.8) is 0 Å². The van der Waals surface area contributed by atoms with Gasteiger partial charge in [-0.1, -0.05) is 89.7 Å². The van der Waals surface area contributed by atoms with Crippen molar-refractivity contribution in [2.24, 2.45) is 35.5 Å². The van der Waals surface area contributed by atoms with Crippen LogP contribution in [0, 0.1) is 53.4 Å². The molecule has 2 fully saturated rings. The van der Waals surface area contributed by atoms with Crippen molar-refractivity contribution < 1.29 is 19.1 Å². The maximum Gasteiger partial charge on any atom is 0.314 e. The summed E-state index contributed by atoms with van der Waals surface area (Å²) < 4.78 is 12.5. The van der Waals surface area contributed by atoms with Gasteiger partial charge in [0.15, 0.2) is 0 Å². The summed E-state index contributed by atoms with van der Waals surface area (Å²) in [7, 11) is 0. The van der Waals surface area contributed by atoms with Crippen LogP contribution in [-0.4, -0.2) is 11.9 Å². The molecule has 1 aromatic carbocycles. The minimum absolute atomic E-state index is 0.0164. The van der Waals surface area contributed by atoms with Gasteiger partial charge in [0.05, 0.1) is 38.5 Å². The Morgan fingerprint density at radius 2 is 1.23 bits per heavy atom. The van der Waals surface area contributed by atoms with Crippen LogP contribution in [0.4, 0.5) is 0 Å². The number of ether oxygens (including phenoxy) is 2. The molecular weight excluding hydrogens is 589 g/mol. The Balaban J connectivity index is 1.40. The lowest BCUT2D eigenvalue weighted by Crippen LogP contribution is -2.26. The third kappa shape index (κ3) is 9.54. The highest BCUT2D eigenvalue weighted by Gasteiger charge is 2.34. The second-order valence-corrected chi connectivity index (χ2v) is 16.0. The molecule has 0 atom stereocenters. The van der Waals surface area contributed by atoms with Crippen LogP contribution in [0.5, 0.6) is 11.5 Å². The van der Waals surface area contributed by atoms with Crippen LogP contribution in [0.1, 0.15) is 118 Å². The van der Waals surface area contributed by atoms with Crippen LogP contribution in [0.2, 0.25) is 0 Å². The van der Waals surface area contributed by atoms with Crippen LogP contribution < -0.4 is 9.47 Å². The molecule has 0 bridgehead atoms. The first-order valence-electron chi connectivity index (χ1n) is 16.7. The largest absolute Gasteiger partial charge is 0.425 e. The molecule has 0 amide bonds. The molecule has 0 spiro atoms. The average molecular weight is 637 g/mol. The van der Waals surface area contributed by atoms with E-state index >= 15 is 0 Å². The van der Waals surface area contributed by atoms with Crippen molar-refractivity contribution in [2.45, 2.75) is 127 Å². The van der Waals surface area contributed by atoms with E-state index in [-0.39, 0.29) is 29.5 Å². The van der Waals surface area contributed by atoms with Gasteiger partial charge in [0.25, 0.3) is 5.70 Å². The zero-order valence-corrected chi connectivity index (χ0v) is 28.5. The molecular formula is C36H48N2O4S2. The fourth-order valence-electron chi connectivity index (χ4n) is 6.69. The second-order valence-electron chi connectivity index (χ2n) is 13.7. The average Bonchev–Trinajstić information content (AvgIpc) is 3.45. The number of rotatable bonds is 12. The molecule has 2 saturated carbocycles. The Morgan fingerprint density at radius 1 is 0.818 bits per heavy atom. The van der Waals surface area contributed by atoms with Gasteiger partial charge in [0, 0.05) is 0 Å². The van der Waals surface area contributed by atoms with Gasteiger partial charge >= 0.3 is 11.9 Å². The molecule has 0 radical (unpaired) electrons. The summed E-state index contributed by atoms with van der Waals surface area (Å²) in [5.41, 5.74) is -0.0164. The van der Waals surface area contributed by atoms with Crippen molar-refractivity contribution in [3.8, 4) is 17.6 Å². The van der Waals surface area contributed by atoms with Gasteiger partial charge in [-0.25, -0.2) is 10.1 Å². The van der Waals surface area contributed by atoms with Crippen molar-refractivity contribution in [3.05, 3.63) is 33.5 Å². The number of carbonyl (C=O) groups is 2. The monoisotopic (exact) mass is 636 g/mol. The highest BCUT2D eigenvalue weighted by molar-refractivity contribution is 8.24. The number of thioether (sulfide) groups is 2. The molecule has 1 aromatic rings. The summed E-state index contributed by atoms with van der Waals surface area (Å²) >= 11 is 2.49. The highest BCUT2D eigenvalue weighted by Crippen LogP contribution is 2.59. The van der Waals surface area contributed by atoms with Crippen molar-refractivity contribution >= 4 is 35.5 Å². The standard InChI is InChI=1S/C36H48N2O4S2/c1-23(2)8-6-10-25-12-16-27(17-13-25)34(39)41-30-20-21-31(33-32(30)43-36(44-33)29(22-37)38-5)42-35(40)28-18-14-26(15-19-28)11-7-9-24(3)4/h20-21,23-28H,6-19H2,1-4H3. The van der Waals surface area contributed by atoms with E-state index in [1.807, 2.05) is 6.07 Å². The molecule has 0 unspecified atom stereocenters. The topological polar surface area (TPSA) is 80.8 Å². The van der Waals surface area contributed by atoms with E-state index in [0.717, 1.165) is 63.2 Å². The number of allylic oxidation sites excluding steroid dienone is 1. The lowest BCUT2D eigenvalue weighted by atomic mass is 9.79. The molecule has 8 heteroatoms. The Bertz CT molecular complexity index is 1180. The Kier molecular flexibility index (Phi) is 13.1. The number of benzene rings is 1. The Morgan fingerprint density at radius 3 is 1.57 bits per heavy atom. The third-order valence-electron chi connectivity index (χ3n) is 9.41. The van der Waals surface area contributed by atoms with E-state index in [9.17, 15) is 14.9 Å². The number of nitriles is 1. The number of fused-ring (bicyclic) bond motifs is 1. The summed E-state index contributed by atoms with van der Waals surface area (Å²) in [6.45, 7) is 16.5. The number of esters is 2. The van der Waals surface area contributed by atoms with Crippen molar-refractivity contribution in [1.82, 2.24) is 0 Å². The first kappa shape index (κ1) is 34.5. The molecule has 2 aliphatic carbocycles. The molecule has 3 aliphatic rings. The summed E-state index contributed by atoms with van der Waals surface area (Å²) in [4.78, 5) is 31.2. The molecule has 0 N–H and O–H groups in total. The minimum atomic E-state index is -0.226. The Labute approximate surface area is 272 Å². The summed E-state index contributed by atoms with van der Waals surface area (Å²) in [5, 5.41) is 9.52. The smallest absolute Gasteiger partial charge is 0.314 e. The molecule has 44 heavy (non-hydrogen) atoms. The van der Waals surface area contributed by atoms with E-state index in [4.69, 9.17) is 16.0 Å². The number of nitrogens with zero attached hydrogens (tertiary/aromatic N) is 2.